The number of imidazole rings is 1. The van der Waals surface area contributed by atoms with Gasteiger partial charge in [-0.05, 0) is 19.3 Å². The zero-order valence-corrected chi connectivity index (χ0v) is 15.6. The van der Waals surface area contributed by atoms with Crippen LogP contribution < -0.4 is 16.6 Å². The molecule has 2 aromatic heterocycles. The highest BCUT2D eigenvalue weighted by atomic mass is 16.2. The first-order chi connectivity index (χ1) is 12.9. The van der Waals surface area contributed by atoms with Gasteiger partial charge in [-0.1, -0.05) is 0 Å². The predicted octanol–water partition coefficient (Wildman–Crippen LogP) is -1.05. The number of aromatic nitrogens is 4. The highest BCUT2D eigenvalue weighted by molar-refractivity contribution is 5.79. The Morgan fingerprint density at radius 3 is 2.56 bits per heavy atom. The molecule has 2 amide bonds. The van der Waals surface area contributed by atoms with E-state index < -0.39 is 23.7 Å². The van der Waals surface area contributed by atoms with Crippen molar-refractivity contribution in [3.8, 4) is 0 Å². The first-order valence-electron chi connectivity index (χ1n) is 9.05. The molecule has 2 aromatic rings. The smallest absolute Gasteiger partial charge is 0.332 e. The van der Waals surface area contributed by atoms with Crippen molar-refractivity contribution in [3.63, 3.8) is 0 Å². The van der Waals surface area contributed by atoms with Crippen molar-refractivity contribution in [1.29, 1.82) is 0 Å². The monoisotopic (exact) mass is 376 g/mol. The van der Waals surface area contributed by atoms with Gasteiger partial charge in [0.05, 0.1) is 6.33 Å². The summed E-state index contributed by atoms with van der Waals surface area (Å²) in [6.45, 7) is 1.31. The quantitative estimate of drug-likeness (QED) is 0.716. The fraction of sp³-hybridized carbons (Fsp3) is 0.588. The fourth-order valence-electron chi connectivity index (χ4n) is 3.35. The van der Waals surface area contributed by atoms with Crippen LogP contribution in [0.25, 0.3) is 11.2 Å². The van der Waals surface area contributed by atoms with Crippen molar-refractivity contribution in [2.24, 2.45) is 14.1 Å². The average molecular weight is 376 g/mol. The maximum atomic E-state index is 12.6. The molecule has 0 bridgehead atoms. The van der Waals surface area contributed by atoms with Gasteiger partial charge in [0.2, 0.25) is 11.8 Å². The number of likely N-dealkylation sites (tertiary alicyclic amines) is 1. The van der Waals surface area contributed by atoms with Gasteiger partial charge in [-0.3, -0.25) is 19.0 Å². The lowest BCUT2D eigenvalue weighted by molar-refractivity contribution is -0.132. The van der Waals surface area contributed by atoms with Gasteiger partial charge in [0.1, 0.15) is 6.54 Å². The summed E-state index contributed by atoms with van der Waals surface area (Å²) >= 11 is 0. The molecule has 3 rings (SSSR count). The summed E-state index contributed by atoms with van der Waals surface area (Å²) in [6.07, 6.45) is 4.83. The summed E-state index contributed by atoms with van der Waals surface area (Å²) in [5, 5.41) is 2.61. The lowest BCUT2D eigenvalue weighted by atomic mass is 10.1. The SMILES string of the molecule is Cn1cnc2c1c(=O)n(CC(=O)NCCC(=O)N1CCCCC1)c(=O)n2C. The van der Waals surface area contributed by atoms with Crippen molar-refractivity contribution in [1.82, 2.24) is 28.9 Å². The molecule has 1 fully saturated rings. The van der Waals surface area contributed by atoms with Crippen molar-refractivity contribution in [3.05, 3.63) is 27.2 Å². The van der Waals surface area contributed by atoms with Crippen LogP contribution in [0.15, 0.2) is 15.9 Å². The topological polar surface area (TPSA) is 111 Å². The maximum Gasteiger partial charge on any atom is 0.332 e. The van der Waals surface area contributed by atoms with E-state index in [2.05, 4.69) is 10.3 Å². The minimum atomic E-state index is -0.606. The Bertz CT molecular complexity index is 980. The summed E-state index contributed by atoms with van der Waals surface area (Å²) in [5.74, 6) is -0.471. The third kappa shape index (κ3) is 3.79. The molecule has 0 unspecified atom stereocenters. The van der Waals surface area contributed by atoms with Gasteiger partial charge in [-0.15, -0.1) is 0 Å². The molecule has 10 nitrogen and oxygen atoms in total. The minimum absolute atomic E-state index is 0.0133. The van der Waals surface area contributed by atoms with E-state index in [4.69, 9.17) is 0 Å². The zero-order chi connectivity index (χ0) is 19.6. The number of aryl methyl sites for hydroxylation is 2. The molecule has 146 valence electrons. The van der Waals surface area contributed by atoms with Crippen molar-refractivity contribution in [2.45, 2.75) is 32.2 Å². The molecule has 0 radical (unpaired) electrons. The summed E-state index contributed by atoms with van der Waals surface area (Å²) < 4.78 is 3.64. The molecule has 0 atom stereocenters. The molecule has 1 N–H and O–H groups in total. The molecule has 1 aliphatic rings. The Kier molecular flexibility index (Phi) is 5.43. The van der Waals surface area contributed by atoms with Crippen LogP contribution in [0.4, 0.5) is 0 Å². The fourth-order valence-corrected chi connectivity index (χ4v) is 3.35. The molecule has 0 aromatic carbocycles. The third-order valence-electron chi connectivity index (χ3n) is 4.87. The maximum absolute atomic E-state index is 12.6. The Labute approximate surface area is 155 Å². The number of fused-ring (bicyclic) bond motifs is 1. The average Bonchev–Trinajstić information content (AvgIpc) is 3.06. The molecular formula is C17H24N6O4. The van der Waals surface area contributed by atoms with E-state index in [-0.39, 0.29) is 30.0 Å². The lowest BCUT2D eigenvalue weighted by Gasteiger charge is -2.26. The van der Waals surface area contributed by atoms with Crippen LogP contribution in [0, 0.1) is 0 Å². The molecule has 0 saturated carbocycles. The molecular weight excluding hydrogens is 352 g/mol. The Morgan fingerprint density at radius 2 is 1.85 bits per heavy atom. The lowest BCUT2D eigenvalue weighted by Crippen LogP contribution is -2.44. The molecule has 3 heterocycles. The van der Waals surface area contributed by atoms with Crippen molar-refractivity contribution in [2.75, 3.05) is 19.6 Å². The zero-order valence-electron chi connectivity index (χ0n) is 15.6. The largest absolute Gasteiger partial charge is 0.354 e. The van der Waals surface area contributed by atoms with E-state index in [9.17, 15) is 19.2 Å². The van der Waals surface area contributed by atoms with Crippen molar-refractivity contribution >= 4 is 23.0 Å². The number of amides is 2. The highest BCUT2D eigenvalue weighted by Crippen LogP contribution is 2.09. The number of piperidine rings is 1. The van der Waals surface area contributed by atoms with Crippen LogP contribution in [0.2, 0.25) is 0 Å². The Morgan fingerprint density at radius 1 is 1.15 bits per heavy atom. The van der Waals surface area contributed by atoms with Crippen LogP contribution >= 0.6 is 0 Å². The first-order valence-corrected chi connectivity index (χ1v) is 9.05. The van der Waals surface area contributed by atoms with Gasteiger partial charge in [0, 0.05) is 40.2 Å². The van der Waals surface area contributed by atoms with Gasteiger partial charge in [-0.25, -0.2) is 14.3 Å². The molecule has 1 aliphatic heterocycles. The second kappa shape index (κ2) is 7.77. The number of rotatable bonds is 5. The van der Waals surface area contributed by atoms with Crippen LogP contribution in [-0.4, -0.2) is 55.0 Å². The number of hydrogen-bond donors (Lipinski definition) is 1. The number of nitrogens with zero attached hydrogens (tertiary/aromatic N) is 5. The van der Waals surface area contributed by atoms with Gasteiger partial charge < -0.3 is 14.8 Å². The molecule has 10 heteroatoms. The molecule has 0 spiro atoms. The van der Waals surface area contributed by atoms with Crippen LogP contribution in [0.3, 0.4) is 0 Å². The summed E-state index contributed by atoms with van der Waals surface area (Å²) in [5.41, 5.74) is -0.639. The first kappa shape index (κ1) is 18.9. The second-order valence-electron chi connectivity index (χ2n) is 6.80. The van der Waals surface area contributed by atoms with Gasteiger partial charge in [-0.2, -0.15) is 0 Å². The Hall–Kier alpha value is -2.91. The van der Waals surface area contributed by atoms with Crippen molar-refractivity contribution < 1.29 is 9.59 Å². The van der Waals surface area contributed by atoms with E-state index in [0.29, 0.717) is 0 Å². The van der Waals surface area contributed by atoms with E-state index >= 15 is 0 Å². The standard InChI is InChI=1S/C17H24N6O4/c1-20-11-19-15-14(20)16(26)23(17(27)21(15)2)10-12(24)18-7-6-13(25)22-8-4-3-5-9-22/h11H,3-10H2,1-2H3,(H,18,24). The van der Waals surface area contributed by atoms with E-state index in [1.54, 1.807) is 7.05 Å². The molecule has 0 aliphatic carbocycles. The summed E-state index contributed by atoms with van der Waals surface area (Å²) in [4.78, 5) is 55.1. The van der Waals surface area contributed by atoms with Crippen LogP contribution in [0.1, 0.15) is 25.7 Å². The molecule has 1 saturated heterocycles. The number of carbonyl (C=O) groups excluding carboxylic acids is 2. The minimum Gasteiger partial charge on any atom is -0.354 e. The van der Waals surface area contributed by atoms with Gasteiger partial charge in [0.25, 0.3) is 5.56 Å². The van der Waals surface area contributed by atoms with Gasteiger partial charge >= 0.3 is 5.69 Å². The second-order valence-corrected chi connectivity index (χ2v) is 6.80. The van der Waals surface area contributed by atoms with E-state index in [1.807, 2.05) is 4.90 Å². The van der Waals surface area contributed by atoms with Crippen LogP contribution in [-0.2, 0) is 30.2 Å². The predicted molar refractivity (Wildman–Crippen MR) is 98.3 cm³/mol. The molecule has 27 heavy (non-hydrogen) atoms. The summed E-state index contributed by atoms with van der Waals surface area (Å²) in [7, 11) is 3.15. The normalized spacial score (nSPS) is 14.5. The Balaban J connectivity index is 1.64. The highest BCUT2D eigenvalue weighted by Gasteiger charge is 2.18. The summed E-state index contributed by atoms with van der Waals surface area (Å²) in [6, 6.07) is 0. The van der Waals surface area contributed by atoms with Gasteiger partial charge in [0.15, 0.2) is 11.2 Å². The number of carbonyl (C=O) groups is 2. The van der Waals surface area contributed by atoms with E-state index in [1.165, 1.54) is 22.5 Å². The number of nitrogens with one attached hydrogen (secondary N) is 1. The van der Waals surface area contributed by atoms with Crippen LogP contribution in [0.5, 0.6) is 0 Å². The number of hydrogen-bond acceptors (Lipinski definition) is 5. The van der Waals surface area contributed by atoms with E-state index in [0.717, 1.165) is 36.9 Å². The third-order valence-corrected chi connectivity index (χ3v) is 4.87.